The Balaban J connectivity index is 1.78. The Bertz CT molecular complexity index is 1180. The number of amides is 1. The first-order valence-electron chi connectivity index (χ1n) is 10.1. The lowest BCUT2D eigenvalue weighted by molar-refractivity contribution is 0.0875. The van der Waals surface area contributed by atoms with Crippen molar-refractivity contribution in [2.75, 3.05) is 19.8 Å². The Morgan fingerprint density at radius 1 is 1.28 bits per heavy atom. The average Bonchev–Trinajstić information content (AvgIpc) is 3.33. The van der Waals surface area contributed by atoms with Gasteiger partial charge in [0.05, 0.1) is 30.6 Å². The van der Waals surface area contributed by atoms with Gasteiger partial charge in [0.2, 0.25) is 0 Å². The fourth-order valence-corrected chi connectivity index (χ4v) is 3.76. The molecule has 2 N–H and O–H groups in total. The van der Waals surface area contributed by atoms with E-state index >= 15 is 0 Å². The molecule has 0 bridgehead atoms. The number of aliphatic hydroxyl groups excluding tert-OH is 1. The Hall–Kier alpha value is -3.07. The van der Waals surface area contributed by atoms with Gasteiger partial charge >= 0.3 is 0 Å². The molecular weight excluding hydrogens is 437 g/mol. The summed E-state index contributed by atoms with van der Waals surface area (Å²) in [5, 5.41) is 17.4. The molecule has 1 amide bonds. The number of rotatable bonds is 6. The van der Waals surface area contributed by atoms with E-state index in [2.05, 4.69) is 10.4 Å². The first-order chi connectivity index (χ1) is 15.5. The Morgan fingerprint density at radius 3 is 2.72 bits per heavy atom. The van der Waals surface area contributed by atoms with Crippen molar-refractivity contribution in [2.45, 2.75) is 12.5 Å². The van der Waals surface area contributed by atoms with Crippen LogP contribution in [0.2, 0.25) is 5.02 Å². The second kappa shape index (κ2) is 9.60. The van der Waals surface area contributed by atoms with Gasteiger partial charge in [-0.15, -0.1) is 0 Å². The second-order valence-corrected chi connectivity index (χ2v) is 7.97. The summed E-state index contributed by atoms with van der Waals surface area (Å²) >= 11 is 5.97. The van der Waals surface area contributed by atoms with Crippen molar-refractivity contribution < 1.29 is 19.0 Å². The molecule has 0 saturated carbocycles. The van der Waals surface area contributed by atoms with E-state index in [0.717, 1.165) is 10.7 Å². The van der Waals surface area contributed by atoms with E-state index in [-0.39, 0.29) is 23.8 Å². The number of hydrogen-bond donors (Lipinski definition) is 2. The van der Waals surface area contributed by atoms with Crippen LogP contribution >= 0.6 is 11.6 Å². The Morgan fingerprint density at radius 2 is 2.06 bits per heavy atom. The van der Waals surface area contributed by atoms with Gasteiger partial charge in [-0.25, -0.2) is 4.39 Å². The van der Waals surface area contributed by atoms with Crippen LogP contribution in [-0.4, -0.2) is 46.7 Å². The number of nitrogens with one attached hydrogen (secondary N) is 1. The molecule has 1 aromatic heterocycles. The molecule has 2 aromatic carbocycles. The molecule has 1 fully saturated rings. The number of ether oxygens (including phenoxy) is 1. The minimum absolute atomic E-state index is 0.0491. The monoisotopic (exact) mass is 457 g/mol. The molecule has 1 aliphatic heterocycles. The van der Waals surface area contributed by atoms with Crippen LogP contribution in [0.5, 0.6) is 0 Å². The molecule has 3 aromatic rings. The average molecular weight is 458 g/mol. The third-order valence-corrected chi connectivity index (χ3v) is 5.65. The highest BCUT2D eigenvalue weighted by Gasteiger charge is 2.28. The van der Waals surface area contributed by atoms with Crippen molar-refractivity contribution in [3.05, 3.63) is 81.4 Å². The van der Waals surface area contributed by atoms with Crippen molar-refractivity contribution >= 4 is 17.5 Å². The number of carbonyl (C=O) groups excluding carboxylic acids is 1. The minimum atomic E-state index is -0.704. The highest BCUT2D eigenvalue weighted by Crippen LogP contribution is 2.21. The largest absolute Gasteiger partial charge is 0.394 e. The highest BCUT2D eigenvalue weighted by atomic mass is 35.5. The zero-order chi connectivity index (χ0) is 22.7. The fraction of sp³-hybridized carbons (Fsp3) is 0.261. The van der Waals surface area contributed by atoms with Crippen LogP contribution < -0.4 is 10.9 Å². The van der Waals surface area contributed by atoms with Gasteiger partial charge in [0.25, 0.3) is 11.5 Å². The van der Waals surface area contributed by atoms with Crippen LogP contribution in [0.1, 0.15) is 16.8 Å². The van der Waals surface area contributed by atoms with Gasteiger partial charge in [-0.3, -0.25) is 9.59 Å². The van der Waals surface area contributed by atoms with Gasteiger partial charge in [-0.05, 0) is 42.8 Å². The summed E-state index contributed by atoms with van der Waals surface area (Å²) in [4.78, 5) is 26.2. The lowest BCUT2D eigenvalue weighted by atomic mass is 9.99. The molecule has 32 heavy (non-hydrogen) atoms. The van der Waals surface area contributed by atoms with Crippen molar-refractivity contribution in [2.24, 2.45) is 5.92 Å². The summed E-state index contributed by atoms with van der Waals surface area (Å²) in [6.07, 6.45) is 0.700. The van der Waals surface area contributed by atoms with E-state index in [4.69, 9.17) is 16.3 Å². The molecular formula is C23H21ClFN3O4. The Kier molecular flexibility index (Phi) is 6.64. The summed E-state index contributed by atoms with van der Waals surface area (Å²) in [6.45, 7) is 0.692. The molecule has 0 unspecified atom stereocenters. The molecule has 9 heteroatoms. The van der Waals surface area contributed by atoms with Gasteiger partial charge in [-0.1, -0.05) is 29.8 Å². The molecule has 0 spiro atoms. The molecule has 0 radical (unpaired) electrons. The highest BCUT2D eigenvalue weighted by molar-refractivity contribution is 6.30. The maximum Gasteiger partial charge on any atom is 0.284 e. The summed E-state index contributed by atoms with van der Waals surface area (Å²) in [7, 11) is 0. The van der Waals surface area contributed by atoms with Crippen LogP contribution in [0.4, 0.5) is 4.39 Å². The zero-order valence-corrected chi connectivity index (χ0v) is 17.8. The smallest absolute Gasteiger partial charge is 0.284 e. The second-order valence-electron chi connectivity index (χ2n) is 7.53. The summed E-state index contributed by atoms with van der Waals surface area (Å²) in [5.41, 5.74) is 0.261. The molecule has 1 saturated heterocycles. The van der Waals surface area contributed by atoms with Crippen LogP contribution in [0, 0.1) is 11.7 Å². The van der Waals surface area contributed by atoms with Crippen molar-refractivity contribution in [1.82, 2.24) is 15.1 Å². The van der Waals surface area contributed by atoms with E-state index in [0.29, 0.717) is 35.9 Å². The fourth-order valence-electron chi connectivity index (χ4n) is 3.63. The molecule has 0 aliphatic carbocycles. The van der Waals surface area contributed by atoms with Gasteiger partial charge < -0.3 is 15.2 Å². The predicted molar refractivity (Wildman–Crippen MR) is 118 cm³/mol. The maximum absolute atomic E-state index is 13.8. The lowest BCUT2D eigenvalue weighted by Crippen LogP contribution is -2.45. The molecule has 2 heterocycles. The van der Waals surface area contributed by atoms with Crippen LogP contribution in [-0.2, 0) is 4.74 Å². The molecule has 1 aliphatic rings. The predicted octanol–water partition coefficient (Wildman–Crippen LogP) is 2.82. The van der Waals surface area contributed by atoms with Gasteiger partial charge in [0.1, 0.15) is 11.4 Å². The topological polar surface area (TPSA) is 93.4 Å². The van der Waals surface area contributed by atoms with Crippen LogP contribution in [0.15, 0.2) is 59.4 Å². The number of benzene rings is 2. The van der Waals surface area contributed by atoms with Gasteiger partial charge in [0, 0.05) is 23.1 Å². The van der Waals surface area contributed by atoms with Gasteiger partial charge in [0.15, 0.2) is 0 Å². The quantitative estimate of drug-likeness (QED) is 0.593. The first-order valence-corrected chi connectivity index (χ1v) is 10.5. The maximum atomic E-state index is 13.8. The van der Waals surface area contributed by atoms with Crippen molar-refractivity contribution in [3.8, 4) is 16.9 Å². The SMILES string of the molecule is O=C(N[C@@H](CO)[C@H]1CCOC1)c1cc(-c2ccc(Cl)cc2)nn(-c2cccc(F)c2)c1=O. The van der Waals surface area contributed by atoms with Gasteiger partial charge in [-0.2, -0.15) is 9.78 Å². The van der Waals surface area contributed by atoms with E-state index in [1.54, 1.807) is 24.3 Å². The summed E-state index contributed by atoms with van der Waals surface area (Å²) in [5.74, 6) is -1.24. The number of aliphatic hydroxyl groups is 1. The molecule has 2 atom stereocenters. The summed E-state index contributed by atoms with van der Waals surface area (Å²) < 4.78 is 20.2. The lowest BCUT2D eigenvalue weighted by Gasteiger charge is -2.21. The number of aromatic nitrogens is 2. The number of nitrogens with zero attached hydrogens (tertiary/aromatic N) is 2. The summed E-state index contributed by atoms with van der Waals surface area (Å²) in [6, 6.07) is 13.0. The number of hydrogen-bond acceptors (Lipinski definition) is 5. The van der Waals surface area contributed by atoms with Crippen LogP contribution in [0.25, 0.3) is 16.9 Å². The normalized spacial score (nSPS) is 16.7. The van der Waals surface area contributed by atoms with E-state index < -0.39 is 23.3 Å². The van der Waals surface area contributed by atoms with Crippen molar-refractivity contribution in [3.63, 3.8) is 0 Å². The standard InChI is InChI=1S/C23H21ClFN3O4/c24-16-6-4-14(5-7-16)20-11-19(22(30)26-21(12-29)15-8-9-32-13-15)23(31)28(27-20)18-3-1-2-17(25)10-18/h1-7,10-11,15,21,29H,8-9,12-13H2,(H,26,30)/t15-,21-/m0/s1. The molecule has 7 nitrogen and oxygen atoms in total. The van der Waals surface area contributed by atoms with Crippen LogP contribution in [0.3, 0.4) is 0 Å². The van der Waals surface area contributed by atoms with Crippen molar-refractivity contribution in [1.29, 1.82) is 0 Å². The third kappa shape index (κ3) is 4.72. The number of carbonyl (C=O) groups is 1. The zero-order valence-electron chi connectivity index (χ0n) is 17.0. The van der Waals surface area contributed by atoms with E-state index in [1.165, 1.54) is 24.3 Å². The van der Waals surface area contributed by atoms with E-state index in [1.807, 2.05) is 0 Å². The minimum Gasteiger partial charge on any atom is -0.394 e. The molecule has 4 rings (SSSR count). The van der Waals surface area contributed by atoms with E-state index in [9.17, 15) is 19.1 Å². The Labute approximate surface area is 188 Å². The first kappa shape index (κ1) is 22.1. The number of halogens is 2. The third-order valence-electron chi connectivity index (χ3n) is 5.40. The molecule has 166 valence electrons.